The Hall–Kier alpha value is -1.43. The molecule has 90 valence electrons. The van der Waals surface area contributed by atoms with Crippen LogP contribution in [0.5, 0.6) is 0 Å². The van der Waals surface area contributed by atoms with Crippen LogP contribution in [0.25, 0.3) is 22.4 Å². The van der Waals surface area contributed by atoms with Crippen molar-refractivity contribution in [2.24, 2.45) is 0 Å². The smallest absolute Gasteiger partial charge is 0.151 e. The van der Waals surface area contributed by atoms with E-state index in [9.17, 15) is 4.39 Å². The highest BCUT2D eigenvalue weighted by Gasteiger charge is 2.11. The highest BCUT2D eigenvalue weighted by atomic mass is 127. The fraction of sp³-hybridized carbons (Fsp3) is 0.0714. The topological polar surface area (TPSA) is 28.7 Å². The molecular formula is C14H10FIN2. The summed E-state index contributed by atoms with van der Waals surface area (Å²) in [6.07, 6.45) is 0. The molecule has 0 spiro atoms. The number of hydrogen-bond donors (Lipinski definition) is 1. The normalized spacial score (nSPS) is 11.1. The van der Waals surface area contributed by atoms with Crippen molar-refractivity contribution < 1.29 is 4.39 Å². The molecule has 0 unspecified atom stereocenters. The summed E-state index contributed by atoms with van der Waals surface area (Å²) in [6, 6.07) is 11.0. The summed E-state index contributed by atoms with van der Waals surface area (Å²) in [5.74, 6) is 0.417. The van der Waals surface area contributed by atoms with E-state index in [1.165, 1.54) is 11.6 Å². The van der Waals surface area contributed by atoms with Crippen molar-refractivity contribution in [1.29, 1.82) is 0 Å². The van der Waals surface area contributed by atoms with Gasteiger partial charge in [0.1, 0.15) is 11.3 Å². The summed E-state index contributed by atoms with van der Waals surface area (Å²) < 4.78 is 14.7. The van der Waals surface area contributed by atoms with E-state index in [-0.39, 0.29) is 5.82 Å². The van der Waals surface area contributed by atoms with E-state index >= 15 is 0 Å². The molecule has 0 fully saturated rings. The third-order valence-corrected chi connectivity index (χ3v) is 4.34. The second kappa shape index (κ2) is 4.35. The molecule has 0 aliphatic heterocycles. The van der Waals surface area contributed by atoms with Crippen molar-refractivity contribution in [2.75, 3.05) is 0 Å². The third kappa shape index (κ3) is 1.80. The molecule has 3 aromatic rings. The van der Waals surface area contributed by atoms with E-state index in [2.05, 4.69) is 45.5 Å². The number of benzene rings is 2. The van der Waals surface area contributed by atoms with Gasteiger partial charge in [0.2, 0.25) is 0 Å². The summed E-state index contributed by atoms with van der Waals surface area (Å²) in [5, 5.41) is 0. The van der Waals surface area contributed by atoms with Crippen LogP contribution in [0.4, 0.5) is 4.39 Å². The van der Waals surface area contributed by atoms with E-state index in [1.54, 1.807) is 6.07 Å². The van der Waals surface area contributed by atoms with Gasteiger partial charge in [-0.3, -0.25) is 0 Å². The maximum Gasteiger partial charge on any atom is 0.151 e. The zero-order valence-corrected chi connectivity index (χ0v) is 11.8. The number of H-pyrrole nitrogens is 1. The van der Waals surface area contributed by atoms with Gasteiger partial charge >= 0.3 is 0 Å². The Bertz CT molecular complexity index is 734. The van der Waals surface area contributed by atoms with Crippen LogP contribution in [-0.2, 0) is 0 Å². The molecule has 0 bridgehead atoms. The molecule has 1 heterocycles. The van der Waals surface area contributed by atoms with Gasteiger partial charge in [0.25, 0.3) is 0 Å². The first kappa shape index (κ1) is 11.6. The van der Waals surface area contributed by atoms with Gasteiger partial charge in [-0.25, -0.2) is 9.37 Å². The Morgan fingerprint density at radius 3 is 2.72 bits per heavy atom. The second-order valence-electron chi connectivity index (χ2n) is 4.16. The highest BCUT2D eigenvalue weighted by molar-refractivity contribution is 14.1. The lowest BCUT2D eigenvalue weighted by molar-refractivity contribution is 0.637. The van der Waals surface area contributed by atoms with Crippen LogP contribution < -0.4 is 0 Å². The van der Waals surface area contributed by atoms with Gasteiger partial charge in [-0.1, -0.05) is 24.3 Å². The highest BCUT2D eigenvalue weighted by Crippen LogP contribution is 2.27. The first-order valence-electron chi connectivity index (χ1n) is 5.56. The van der Waals surface area contributed by atoms with Crippen molar-refractivity contribution in [3.63, 3.8) is 0 Å². The van der Waals surface area contributed by atoms with Gasteiger partial charge in [-0.2, -0.15) is 0 Å². The van der Waals surface area contributed by atoms with E-state index < -0.39 is 0 Å². The monoisotopic (exact) mass is 352 g/mol. The summed E-state index contributed by atoms with van der Waals surface area (Å²) >= 11 is 2.29. The minimum atomic E-state index is -0.294. The first-order chi connectivity index (χ1) is 8.66. The number of nitrogens with one attached hydrogen (secondary N) is 1. The van der Waals surface area contributed by atoms with E-state index in [1.807, 2.05) is 18.2 Å². The molecule has 18 heavy (non-hydrogen) atoms. The largest absolute Gasteiger partial charge is 0.338 e. The van der Waals surface area contributed by atoms with Gasteiger partial charge in [0.05, 0.1) is 5.52 Å². The number of para-hydroxylation sites is 1. The number of hydrogen-bond acceptors (Lipinski definition) is 1. The molecule has 0 saturated carbocycles. The van der Waals surface area contributed by atoms with Crippen LogP contribution in [0.1, 0.15) is 5.56 Å². The minimum absolute atomic E-state index is 0.294. The van der Waals surface area contributed by atoms with Gasteiger partial charge in [-0.15, -0.1) is 0 Å². The molecule has 4 heteroatoms. The molecule has 0 amide bonds. The summed E-state index contributed by atoms with van der Waals surface area (Å²) in [4.78, 5) is 7.51. The van der Waals surface area contributed by atoms with Crippen molar-refractivity contribution >= 4 is 33.6 Å². The second-order valence-corrected chi connectivity index (χ2v) is 5.24. The molecule has 1 aromatic heterocycles. The summed E-state index contributed by atoms with van der Waals surface area (Å²) in [7, 11) is 0. The Morgan fingerprint density at radius 2 is 1.94 bits per heavy atom. The lowest BCUT2D eigenvalue weighted by atomic mass is 10.1. The lowest BCUT2D eigenvalue weighted by Gasteiger charge is -2.03. The van der Waals surface area contributed by atoms with Crippen molar-refractivity contribution in [1.82, 2.24) is 9.97 Å². The fourth-order valence-corrected chi connectivity index (χ4v) is 2.57. The van der Waals surface area contributed by atoms with Gasteiger partial charge < -0.3 is 4.98 Å². The van der Waals surface area contributed by atoms with Crippen LogP contribution in [0.3, 0.4) is 0 Å². The standard InChI is InChI=1S/C14H10FIN2/c1-8-4-2-5-9(12(8)16)14-17-11-7-3-6-10(15)13(11)18-14/h2-7H,1H3,(H,17,18). The van der Waals surface area contributed by atoms with Crippen LogP contribution in [0.15, 0.2) is 36.4 Å². The zero-order chi connectivity index (χ0) is 12.7. The Balaban J connectivity index is 2.26. The number of halogens is 2. The predicted octanol–water partition coefficient (Wildman–Crippen LogP) is 4.28. The number of aromatic amines is 1. The molecule has 0 aliphatic carbocycles. The average molecular weight is 352 g/mol. The molecule has 0 radical (unpaired) electrons. The minimum Gasteiger partial charge on any atom is -0.338 e. The molecule has 0 saturated heterocycles. The number of aromatic nitrogens is 2. The SMILES string of the molecule is Cc1cccc(-c2nc3c(F)cccc3[nH]2)c1I. The number of fused-ring (bicyclic) bond motifs is 1. The molecule has 2 nitrogen and oxygen atoms in total. The molecule has 0 aliphatic rings. The number of rotatable bonds is 1. The van der Waals surface area contributed by atoms with Crippen LogP contribution in [0, 0.1) is 16.3 Å². The van der Waals surface area contributed by atoms with Crippen molar-refractivity contribution in [2.45, 2.75) is 6.92 Å². The van der Waals surface area contributed by atoms with Crippen LogP contribution in [-0.4, -0.2) is 9.97 Å². The Labute approximate surface area is 117 Å². The van der Waals surface area contributed by atoms with Crippen molar-refractivity contribution in [3.8, 4) is 11.4 Å². The number of aryl methyl sites for hydroxylation is 1. The molecule has 0 atom stereocenters. The van der Waals surface area contributed by atoms with Gasteiger partial charge in [0.15, 0.2) is 5.82 Å². The average Bonchev–Trinajstić information content (AvgIpc) is 2.78. The molecule has 2 aromatic carbocycles. The van der Waals surface area contributed by atoms with Crippen molar-refractivity contribution in [3.05, 3.63) is 51.3 Å². The third-order valence-electron chi connectivity index (χ3n) is 2.91. The fourth-order valence-electron chi connectivity index (χ4n) is 1.96. The molecular weight excluding hydrogens is 342 g/mol. The molecule has 1 N–H and O–H groups in total. The predicted molar refractivity (Wildman–Crippen MR) is 78.9 cm³/mol. The number of nitrogens with zero attached hydrogens (tertiary/aromatic N) is 1. The number of imidazole rings is 1. The van der Waals surface area contributed by atoms with Gasteiger partial charge in [0, 0.05) is 9.13 Å². The Morgan fingerprint density at radius 1 is 1.17 bits per heavy atom. The quantitative estimate of drug-likeness (QED) is 0.651. The van der Waals surface area contributed by atoms with Crippen LogP contribution in [0.2, 0.25) is 0 Å². The van der Waals surface area contributed by atoms with Crippen LogP contribution >= 0.6 is 22.6 Å². The Kier molecular flexibility index (Phi) is 2.81. The maximum absolute atomic E-state index is 13.6. The van der Waals surface area contributed by atoms with E-state index in [0.29, 0.717) is 11.3 Å². The van der Waals surface area contributed by atoms with E-state index in [4.69, 9.17) is 0 Å². The first-order valence-corrected chi connectivity index (χ1v) is 6.64. The zero-order valence-electron chi connectivity index (χ0n) is 9.67. The maximum atomic E-state index is 13.6. The summed E-state index contributed by atoms with van der Waals surface area (Å²) in [6.45, 7) is 2.05. The lowest BCUT2D eigenvalue weighted by Crippen LogP contribution is -1.88. The summed E-state index contributed by atoms with van der Waals surface area (Å²) in [5.41, 5.74) is 3.31. The van der Waals surface area contributed by atoms with E-state index in [0.717, 1.165) is 14.7 Å². The van der Waals surface area contributed by atoms with Gasteiger partial charge in [-0.05, 0) is 47.2 Å². The molecule has 3 rings (SSSR count).